The molecule has 16 heavy (non-hydrogen) atoms. The number of nitrogens with one attached hydrogen (secondary N) is 1. The first-order chi connectivity index (χ1) is 7.81. The molecule has 1 heterocycles. The van der Waals surface area contributed by atoms with Crippen LogP contribution in [0.15, 0.2) is 18.2 Å². The van der Waals surface area contributed by atoms with Gasteiger partial charge in [-0.1, -0.05) is 11.6 Å². The number of benzene rings is 1. The van der Waals surface area contributed by atoms with Crippen molar-refractivity contribution in [3.8, 4) is 0 Å². The van der Waals surface area contributed by atoms with Crippen molar-refractivity contribution in [3.63, 3.8) is 0 Å². The number of hydroxylamine groups is 1. The Kier molecular flexibility index (Phi) is 4.04. The van der Waals surface area contributed by atoms with E-state index in [1.165, 1.54) is 24.9 Å². The fourth-order valence-corrected chi connectivity index (χ4v) is 2.42. The van der Waals surface area contributed by atoms with Gasteiger partial charge in [-0.05, 0) is 43.0 Å². The van der Waals surface area contributed by atoms with Crippen LogP contribution in [0.4, 0.5) is 5.69 Å². The lowest BCUT2D eigenvalue weighted by atomic mass is 10.1. The van der Waals surface area contributed by atoms with Crippen LogP contribution < -0.4 is 10.4 Å². The maximum absolute atomic E-state index is 8.82. The van der Waals surface area contributed by atoms with Gasteiger partial charge in [-0.3, -0.25) is 0 Å². The molecule has 3 nitrogen and oxygen atoms in total. The number of nitrogens with zero attached hydrogens (tertiary/aromatic N) is 1. The van der Waals surface area contributed by atoms with Gasteiger partial charge < -0.3 is 10.1 Å². The molecule has 4 heteroatoms. The van der Waals surface area contributed by atoms with E-state index >= 15 is 0 Å². The van der Waals surface area contributed by atoms with Gasteiger partial charge in [0.05, 0.1) is 0 Å². The van der Waals surface area contributed by atoms with Crippen LogP contribution in [-0.2, 0) is 6.54 Å². The van der Waals surface area contributed by atoms with Crippen molar-refractivity contribution in [1.82, 2.24) is 5.48 Å². The summed E-state index contributed by atoms with van der Waals surface area (Å²) < 4.78 is 0. The summed E-state index contributed by atoms with van der Waals surface area (Å²) in [4.78, 5) is 2.37. The van der Waals surface area contributed by atoms with Crippen molar-refractivity contribution in [2.24, 2.45) is 0 Å². The predicted octanol–water partition coefficient (Wildman–Crippen LogP) is 2.81. The van der Waals surface area contributed by atoms with Crippen LogP contribution in [-0.4, -0.2) is 18.3 Å². The number of hydrogen-bond donors (Lipinski definition) is 2. The summed E-state index contributed by atoms with van der Waals surface area (Å²) in [5.74, 6) is 0. The summed E-state index contributed by atoms with van der Waals surface area (Å²) in [5.41, 5.74) is 4.44. The molecule has 0 atom stereocenters. The summed E-state index contributed by atoms with van der Waals surface area (Å²) in [6, 6.07) is 5.86. The zero-order valence-electron chi connectivity index (χ0n) is 9.25. The third kappa shape index (κ3) is 2.67. The third-order valence-corrected chi connectivity index (χ3v) is 3.24. The van der Waals surface area contributed by atoms with Crippen LogP contribution in [0.2, 0.25) is 5.02 Å². The van der Waals surface area contributed by atoms with Crippen LogP contribution in [0, 0.1) is 0 Å². The summed E-state index contributed by atoms with van der Waals surface area (Å²) >= 11 is 5.96. The van der Waals surface area contributed by atoms with Crippen molar-refractivity contribution in [2.45, 2.75) is 25.8 Å². The van der Waals surface area contributed by atoms with E-state index in [9.17, 15) is 0 Å². The lowest BCUT2D eigenvalue weighted by Gasteiger charge is -2.30. The van der Waals surface area contributed by atoms with E-state index in [4.69, 9.17) is 16.8 Å². The van der Waals surface area contributed by atoms with Crippen molar-refractivity contribution >= 4 is 17.3 Å². The minimum atomic E-state index is 0.437. The molecule has 2 N–H and O–H groups in total. The number of halogens is 1. The molecule has 0 bridgehead atoms. The van der Waals surface area contributed by atoms with Gasteiger partial charge in [0.15, 0.2) is 0 Å². The Labute approximate surface area is 101 Å². The second-order valence-electron chi connectivity index (χ2n) is 4.16. The SMILES string of the molecule is ONCc1cc(Cl)ccc1N1CCCCC1. The van der Waals surface area contributed by atoms with E-state index in [1.54, 1.807) is 0 Å². The molecule has 0 amide bonds. The number of piperidine rings is 1. The Hall–Kier alpha value is -0.770. The molecule has 0 saturated carbocycles. The first kappa shape index (κ1) is 11.7. The monoisotopic (exact) mass is 240 g/mol. The highest BCUT2D eigenvalue weighted by atomic mass is 35.5. The summed E-state index contributed by atoms with van der Waals surface area (Å²) in [7, 11) is 0. The van der Waals surface area contributed by atoms with Crippen LogP contribution in [0.5, 0.6) is 0 Å². The van der Waals surface area contributed by atoms with Gasteiger partial charge in [0.25, 0.3) is 0 Å². The number of rotatable bonds is 3. The summed E-state index contributed by atoms with van der Waals surface area (Å²) in [5, 5.41) is 9.54. The minimum absolute atomic E-state index is 0.437. The summed E-state index contributed by atoms with van der Waals surface area (Å²) in [6.45, 7) is 2.63. The van der Waals surface area contributed by atoms with E-state index in [-0.39, 0.29) is 0 Å². The zero-order chi connectivity index (χ0) is 11.4. The van der Waals surface area contributed by atoms with E-state index in [1.807, 2.05) is 18.2 Å². The Bertz CT molecular complexity index is 351. The molecule has 0 aliphatic carbocycles. The van der Waals surface area contributed by atoms with Gasteiger partial charge in [-0.15, -0.1) is 0 Å². The smallest absolute Gasteiger partial charge is 0.0479 e. The molecule has 88 valence electrons. The van der Waals surface area contributed by atoms with Crippen LogP contribution in [0.1, 0.15) is 24.8 Å². The Morgan fingerprint density at radius 3 is 2.69 bits per heavy atom. The zero-order valence-corrected chi connectivity index (χ0v) is 10.0. The number of hydrogen-bond acceptors (Lipinski definition) is 3. The largest absolute Gasteiger partial charge is 0.371 e. The number of anilines is 1. The standard InChI is InChI=1S/C12H17ClN2O/c13-11-4-5-12(10(8-11)9-14-16)15-6-2-1-3-7-15/h4-5,8,14,16H,1-3,6-7,9H2. The van der Waals surface area contributed by atoms with Crippen LogP contribution >= 0.6 is 11.6 Å². The molecular formula is C12H17ClN2O. The average molecular weight is 241 g/mol. The highest BCUT2D eigenvalue weighted by Crippen LogP contribution is 2.26. The first-order valence-electron chi connectivity index (χ1n) is 5.71. The Morgan fingerprint density at radius 1 is 1.25 bits per heavy atom. The second kappa shape index (κ2) is 5.53. The van der Waals surface area contributed by atoms with Crippen molar-refractivity contribution < 1.29 is 5.21 Å². The quantitative estimate of drug-likeness (QED) is 0.798. The molecule has 0 spiro atoms. The van der Waals surface area contributed by atoms with E-state index in [2.05, 4.69) is 10.4 Å². The van der Waals surface area contributed by atoms with Crippen molar-refractivity contribution in [1.29, 1.82) is 0 Å². The molecule has 0 aromatic heterocycles. The normalized spacial score (nSPS) is 16.5. The van der Waals surface area contributed by atoms with Gasteiger partial charge in [-0.25, -0.2) is 5.48 Å². The Morgan fingerprint density at radius 2 is 2.00 bits per heavy atom. The van der Waals surface area contributed by atoms with Crippen molar-refractivity contribution in [2.75, 3.05) is 18.0 Å². The minimum Gasteiger partial charge on any atom is -0.371 e. The fourth-order valence-electron chi connectivity index (χ4n) is 2.22. The molecule has 1 aromatic carbocycles. The molecule has 1 fully saturated rings. The Balaban J connectivity index is 2.23. The maximum atomic E-state index is 8.82. The molecule has 1 aromatic rings. The highest BCUT2D eigenvalue weighted by molar-refractivity contribution is 6.30. The topological polar surface area (TPSA) is 35.5 Å². The molecule has 1 aliphatic rings. The van der Waals surface area contributed by atoms with E-state index in [0.717, 1.165) is 18.7 Å². The fraction of sp³-hybridized carbons (Fsp3) is 0.500. The highest BCUT2D eigenvalue weighted by Gasteiger charge is 2.14. The van der Waals surface area contributed by atoms with Gasteiger partial charge in [0, 0.05) is 30.3 Å². The van der Waals surface area contributed by atoms with Gasteiger partial charge >= 0.3 is 0 Å². The average Bonchev–Trinajstić information content (AvgIpc) is 2.31. The molecule has 1 saturated heterocycles. The lowest BCUT2D eigenvalue weighted by molar-refractivity contribution is 0.161. The van der Waals surface area contributed by atoms with Crippen molar-refractivity contribution in [3.05, 3.63) is 28.8 Å². The van der Waals surface area contributed by atoms with Gasteiger partial charge in [0.1, 0.15) is 0 Å². The third-order valence-electron chi connectivity index (χ3n) is 3.01. The molecule has 1 aliphatic heterocycles. The van der Waals surface area contributed by atoms with E-state index in [0.29, 0.717) is 11.6 Å². The van der Waals surface area contributed by atoms with Gasteiger partial charge in [0.2, 0.25) is 0 Å². The lowest BCUT2D eigenvalue weighted by Crippen LogP contribution is -2.30. The summed E-state index contributed by atoms with van der Waals surface area (Å²) in [6.07, 6.45) is 3.81. The van der Waals surface area contributed by atoms with Crippen LogP contribution in [0.25, 0.3) is 0 Å². The second-order valence-corrected chi connectivity index (χ2v) is 4.59. The van der Waals surface area contributed by atoms with Gasteiger partial charge in [-0.2, -0.15) is 0 Å². The molecule has 0 unspecified atom stereocenters. The predicted molar refractivity (Wildman–Crippen MR) is 66.1 cm³/mol. The molecule has 2 rings (SSSR count). The molecular weight excluding hydrogens is 224 g/mol. The first-order valence-corrected chi connectivity index (χ1v) is 6.09. The van der Waals surface area contributed by atoms with E-state index < -0.39 is 0 Å². The van der Waals surface area contributed by atoms with Crippen LogP contribution in [0.3, 0.4) is 0 Å². The maximum Gasteiger partial charge on any atom is 0.0479 e. The molecule has 0 radical (unpaired) electrons.